The van der Waals surface area contributed by atoms with Crippen molar-refractivity contribution in [3.63, 3.8) is 0 Å². The average molecular weight is 1390 g/mol. The Balaban J connectivity index is 0.000000166. The molecule has 3 saturated heterocycles. The van der Waals surface area contributed by atoms with Crippen molar-refractivity contribution >= 4 is 23.9 Å². The largest absolute Gasteiger partial charge is 0.297 e. The van der Waals surface area contributed by atoms with Crippen molar-refractivity contribution in [2.24, 2.45) is 16.4 Å². The lowest BCUT2D eigenvalue weighted by atomic mass is 9.88. The second-order valence-electron chi connectivity index (χ2n) is 28.7. The van der Waals surface area contributed by atoms with E-state index in [0.717, 1.165) is 150 Å². The summed E-state index contributed by atoms with van der Waals surface area (Å²) < 4.78 is 81.2. The maximum absolute atomic E-state index is 13.6. The zero-order valence-electron chi connectivity index (χ0n) is 60.1. The summed E-state index contributed by atoms with van der Waals surface area (Å²) in [5.41, 5.74) is 21.9. The normalized spacial score (nSPS) is 15.5. The van der Waals surface area contributed by atoms with Crippen molar-refractivity contribution in [2.45, 2.75) is 72.0 Å². The van der Waals surface area contributed by atoms with Crippen LogP contribution >= 0.6 is 0 Å². The molecule has 3 fully saturated rings. The van der Waals surface area contributed by atoms with E-state index in [-0.39, 0.29) is 53.0 Å². The zero-order valence-corrected chi connectivity index (χ0v) is 60.1. The number of piperazine rings is 3. The van der Waals surface area contributed by atoms with Crippen LogP contribution in [0, 0.1) is 46.2 Å². The second-order valence-corrected chi connectivity index (χ2v) is 28.7. The molecule has 0 unspecified atom stereocenters. The smallest absolute Gasteiger partial charge is 0.123 e. The summed E-state index contributed by atoms with van der Waals surface area (Å²) in [6, 6.07) is 65.0. The quantitative estimate of drug-likeness (QED) is 0.0275. The molecule has 3 aliphatic heterocycles. The van der Waals surface area contributed by atoms with E-state index >= 15 is 0 Å². The highest BCUT2D eigenvalue weighted by Crippen LogP contribution is 2.34. The van der Waals surface area contributed by atoms with Gasteiger partial charge >= 0.3 is 0 Å². The molecule has 0 aromatic heterocycles. The first-order valence-electron chi connectivity index (χ1n) is 36.1. The Hall–Kier alpha value is -9.15. The van der Waals surface area contributed by atoms with Crippen molar-refractivity contribution in [2.75, 3.05) is 98.2 Å². The molecule has 0 amide bonds. The molecule has 0 bridgehead atoms. The first-order valence-corrected chi connectivity index (χ1v) is 36.1. The minimum atomic E-state index is -0.263. The first-order chi connectivity index (χ1) is 49.9. The van der Waals surface area contributed by atoms with Crippen molar-refractivity contribution in [1.29, 1.82) is 0 Å². The molecule has 0 radical (unpaired) electrons. The standard InChI is InChI=1S/C32H38F2N2.C30H34F2N2.C26H25F2N5/c1-32(2,3)19-18-26-8-6-25(7-9-26)5-4-20-35-21-23-36(24-22-35)31(27-10-14-29(33)15-11-27)28-12-16-30(34)17-13-28;1-23(2)22-25-7-5-24(6-8-25)4-3-17-33-18-20-34(21-19-33)30(26-9-13-28(31)14-10-26)27-11-15-29(32)16-12-27;27-23-9-5-21(6-10-23)26(22-7-11-24(28)12-8-22)33-18-16-32(17-19-33)15-1-2-20-3-13-25(14-4-20)30-31-29/h4-17,31H,18-24H2,1-3H3;3-16,23,30H,17-22H2,1-2H3;1-14,26H,15-19H2/b5-4+;4-3+;2-1+. The van der Waals surface area contributed by atoms with E-state index in [2.05, 4.69) is 159 Å². The van der Waals surface area contributed by atoms with E-state index < -0.39 is 0 Å². The van der Waals surface area contributed by atoms with Gasteiger partial charge in [0.1, 0.15) is 34.9 Å². The van der Waals surface area contributed by atoms with Gasteiger partial charge < -0.3 is 0 Å². The Kier molecular flexibility index (Phi) is 28.5. The van der Waals surface area contributed by atoms with Crippen molar-refractivity contribution in [3.8, 4) is 0 Å². The van der Waals surface area contributed by atoms with Gasteiger partial charge in [-0.05, 0) is 170 Å². The summed E-state index contributed by atoms with van der Waals surface area (Å²) in [5.74, 6) is -0.826. The maximum atomic E-state index is 13.6. The van der Waals surface area contributed by atoms with E-state index in [4.69, 9.17) is 5.53 Å². The summed E-state index contributed by atoms with van der Waals surface area (Å²) in [5, 5.41) is 3.58. The zero-order chi connectivity index (χ0) is 72.5. The van der Waals surface area contributed by atoms with Crippen LogP contribution in [0.4, 0.5) is 32.0 Å². The fourth-order valence-corrected chi connectivity index (χ4v) is 13.6. The lowest BCUT2D eigenvalue weighted by Gasteiger charge is -2.39. The lowest BCUT2D eigenvalue weighted by Crippen LogP contribution is -2.47. The molecule has 15 heteroatoms. The molecule has 0 aliphatic carbocycles. The van der Waals surface area contributed by atoms with Gasteiger partial charge in [0.25, 0.3) is 0 Å². The van der Waals surface area contributed by atoms with Gasteiger partial charge in [-0.3, -0.25) is 29.4 Å². The van der Waals surface area contributed by atoms with Crippen LogP contribution in [0.2, 0.25) is 0 Å². The van der Waals surface area contributed by atoms with Crippen LogP contribution in [-0.2, 0) is 12.8 Å². The predicted molar refractivity (Wildman–Crippen MR) is 410 cm³/mol. The molecule has 103 heavy (non-hydrogen) atoms. The average Bonchev–Trinajstić information content (AvgIpc) is 0.819. The van der Waals surface area contributed by atoms with Crippen LogP contribution < -0.4 is 0 Å². The van der Waals surface area contributed by atoms with Crippen molar-refractivity contribution in [1.82, 2.24) is 29.4 Å². The number of benzene rings is 9. The SMILES string of the molecule is CC(C)(C)CCc1ccc(/C=C/CN2CCN(C(c3ccc(F)cc3)c3ccc(F)cc3)CC2)cc1.CC(C)Cc1ccc(/C=C/CN2CCN(C(c3ccc(F)cc3)c3ccc(F)cc3)CC2)cc1.[N-]=[N+]=Nc1ccc(/C=C/CN2CCN(C(c3ccc(F)cc3)c3ccc(F)cc3)CC2)cc1. The number of hydrogen-bond donors (Lipinski definition) is 0. The third-order valence-corrected chi connectivity index (χ3v) is 19.3. The molecule has 9 aromatic rings. The Morgan fingerprint density at radius 1 is 0.359 bits per heavy atom. The van der Waals surface area contributed by atoms with Gasteiger partial charge in [-0.2, -0.15) is 0 Å². The van der Waals surface area contributed by atoms with Gasteiger partial charge in [0.2, 0.25) is 0 Å². The maximum Gasteiger partial charge on any atom is 0.123 e. The molecule has 9 nitrogen and oxygen atoms in total. The Bertz CT molecular complexity index is 4000. The Morgan fingerprint density at radius 3 is 0.854 bits per heavy atom. The summed E-state index contributed by atoms with van der Waals surface area (Å²) in [7, 11) is 0. The van der Waals surface area contributed by atoms with Crippen molar-refractivity contribution in [3.05, 3.63) is 343 Å². The predicted octanol–water partition coefficient (Wildman–Crippen LogP) is 20.3. The number of aryl methyl sites for hydroxylation is 1. The third kappa shape index (κ3) is 24.2. The molecule has 3 heterocycles. The van der Waals surface area contributed by atoms with E-state index in [0.29, 0.717) is 17.0 Å². The molecule has 0 saturated carbocycles. The molecule has 9 aromatic carbocycles. The molecule has 536 valence electrons. The summed E-state index contributed by atoms with van der Waals surface area (Å²) in [6.07, 6.45) is 16.5. The number of halogens is 6. The van der Waals surface area contributed by atoms with Gasteiger partial charge in [0.05, 0.1) is 18.1 Å². The van der Waals surface area contributed by atoms with Gasteiger partial charge in [-0.25, -0.2) is 26.3 Å². The summed E-state index contributed by atoms with van der Waals surface area (Å²) in [4.78, 5) is 17.3. The number of azide groups is 1. The topological polar surface area (TPSA) is 68.2 Å². The van der Waals surface area contributed by atoms with Crippen LogP contribution in [0.5, 0.6) is 0 Å². The minimum absolute atomic E-state index is 0.0109. The van der Waals surface area contributed by atoms with Gasteiger partial charge in [0.15, 0.2) is 0 Å². The fourth-order valence-electron chi connectivity index (χ4n) is 13.6. The van der Waals surface area contributed by atoms with E-state index in [9.17, 15) is 26.3 Å². The van der Waals surface area contributed by atoms with Gasteiger partial charge in [-0.15, -0.1) is 0 Å². The highest BCUT2D eigenvalue weighted by atomic mass is 19.1. The Morgan fingerprint density at radius 2 is 0.612 bits per heavy atom. The molecule has 12 rings (SSSR count). The van der Waals surface area contributed by atoms with Crippen LogP contribution in [-0.4, -0.2) is 128 Å². The number of hydrogen-bond acceptors (Lipinski definition) is 7. The molecule has 0 atom stereocenters. The van der Waals surface area contributed by atoms with Crippen LogP contribution in [0.15, 0.2) is 242 Å². The third-order valence-electron chi connectivity index (χ3n) is 19.3. The van der Waals surface area contributed by atoms with Crippen LogP contribution in [0.25, 0.3) is 28.7 Å². The highest BCUT2D eigenvalue weighted by molar-refractivity contribution is 5.54. The minimum Gasteiger partial charge on any atom is -0.297 e. The highest BCUT2D eigenvalue weighted by Gasteiger charge is 2.30. The van der Waals surface area contributed by atoms with Gasteiger partial charge in [-0.1, -0.05) is 222 Å². The molecular weight excluding hydrogens is 1300 g/mol. The van der Waals surface area contributed by atoms with E-state index in [1.807, 2.05) is 84.9 Å². The first kappa shape index (κ1) is 76.5. The number of nitrogens with zero attached hydrogens (tertiary/aromatic N) is 9. The number of rotatable bonds is 23. The van der Waals surface area contributed by atoms with Crippen LogP contribution in [0.1, 0.15) is 120 Å². The lowest BCUT2D eigenvalue weighted by molar-refractivity contribution is 0.118. The van der Waals surface area contributed by atoms with E-state index in [1.54, 1.807) is 12.1 Å². The molecule has 0 spiro atoms. The van der Waals surface area contributed by atoms with Crippen molar-refractivity contribution < 1.29 is 26.3 Å². The summed E-state index contributed by atoms with van der Waals surface area (Å²) >= 11 is 0. The molecule has 3 aliphatic rings. The molecule has 0 N–H and O–H groups in total. The Labute approximate surface area is 606 Å². The fraction of sp³-hybridized carbons (Fsp3) is 0.318. The molecular formula is C88H97F6N9. The van der Waals surface area contributed by atoms with E-state index in [1.165, 1.54) is 101 Å². The monoisotopic (exact) mass is 1390 g/mol. The van der Waals surface area contributed by atoms with Crippen LogP contribution in [0.3, 0.4) is 0 Å². The summed E-state index contributed by atoms with van der Waals surface area (Å²) in [6.45, 7) is 24.9. The van der Waals surface area contributed by atoms with Gasteiger partial charge in [0, 0.05) is 109 Å². The second kappa shape index (κ2) is 38.4.